The zero-order valence-corrected chi connectivity index (χ0v) is 11.3. The summed E-state index contributed by atoms with van der Waals surface area (Å²) in [5.41, 5.74) is 2.53. The molecule has 1 atom stereocenters. The number of hydrogen-bond acceptors (Lipinski definition) is 1. The van der Waals surface area contributed by atoms with Crippen LogP contribution in [0.4, 0.5) is 0 Å². The molecule has 1 heteroatoms. The second-order valence-electron chi connectivity index (χ2n) is 5.04. The van der Waals surface area contributed by atoms with Crippen molar-refractivity contribution in [3.05, 3.63) is 72.8 Å². The third-order valence-electron chi connectivity index (χ3n) is 3.45. The van der Waals surface area contributed by atoms with Crippen molar-refractivity contribution < 1.29 is 5.11 Å². The van der Waals surface area contributed by atoms with Crippen molar-refractivity contribution in [3.8, 4) is 11.1 Å². The molecule has 0 saturated heterocycles. The quantitative estimate of drug-likeness (QED) is 0.775. The van der Waals surface area contributed by atoms with E-state index in [4.69, 9.17) is 0 Å². The first-order chi connectivity index (χ1) is 9.13. The molecule has 0 heterocycles. The Morgan fingerprint density at radius 1 is 1.00 bits per heavy atom. The third kappa shape index (κ3) is 3.33. The van der Waals surface area contributed by atoms with Gasteiger partial charge in [-0.1, -0.05) is 60.7 Å². The molecule has 0 aromatic heterocycles. The van der Waals surface area contributed by atoms with Crippen LogP contribution in [0.15, 0.2) is 67.3 Å². The smallest absolute Gasteiger partial charge is 0.0871 e. The van der Waals surface area contributed by atoms with Gasteiger partial charge in [0.1, 0.15) is 0 Å². The van der Waals surface area contributed by atoms with Crippen LogP contribution < -0.4 is 0 Å². The molecule has 2 aromatic carbocycles. The van der Waals surface area contributed by atoms with Crippen LogP contribution in [0.3, 0.4) is 0 Å². The molecule has 0 amide bonds. The van der Waals surface area contributed by atoms with Gasteiger partial charge in [-0.25, -0.2) is 0 Å². The molecule has 2 aromatic rings. The van der Waals surface area contributed by atoms with Crippen LogP contribution in [0, 0.1) is 0 Å². The average Bonchev–Trinajstić information content (AvgIpc) is 2.46. The lowest BCUT2D eigenvalue weighted by molar-refractivity contribution is 0.0488. The standard InChI is InChI=1S/C18H20O/c1-3-4-14-18(2,19)17-12-10-16(11-13-17)15-8-6-5-7-9-15/h3,5-13,19H,1,4,14H2,2H3. The van der Waals surface area contributed by atoms with Gasteiger partial charge in [0.2, 0.25) is 0 Å². The predicted octanol–water partition coefficient (Wildman–Crippen LogP) is 4.53. The van der Waals surface area contributed by atoms with Crippen LogP contribution in [-0.2, 0) is 5.60 Å². The van der Waals surface area contributed by atoms with Gasteiger partial charge in [-0.15, -0.1) is 6.58 Å². The predicted molar refractivity (Wildman–Crippen MR) is 80.9 cm³/mol. The molecule has 19 heavy (non-hydrogen) atoms. The lowest BCUT2D eigenvalue weighted by Gasteiger charge is -2.23. The Balaban J connectivity index is 2.21. The van der Waals surface area contributed by atoms with E-state index in [1.807, 2.05) is 43.3 Å². The first-order valence-corrected chi connectivity index (χ1v) is 6.63. The fourth-order valence-corrected chi connectivity index (χ4v) is 2.18. The molecule has 1 N–H and O–H groups in total. The molecule has 1 nitrogen and oxygen atoms in total. The van der Waals surface area contributed by atoms with Crippen LogP contribution in [0.5, 0.6) is 0 Å². The van der Waals surface area contributed by atoms with Crippen molar-refractivity contribution in [2.75, 3.05) is 0 Å². The molecule has 0 aliphatic heterocycles. The van der Waals surface area contributed by atoms with Gasteiger partial charge in [0.15, 0.2) is 0 Å². The Bertz CT molecular complexity index is 523. The summed E-state index contributed by atoms with van der Waals surface area (Å²) < 4.78 is 0. The molecule has 0 aliphatic rings. The average molecular weight is 252 g/mol. The minimum absolute atomic E-state index is 0.696. The van der Waals surface area contributed by atoms with E-state index >= 15 is 0 Å². The Kier molecular flexibility index (Phi) is 4.18. The summed E-state index contributed by atoms with van der Waals surface area (Å²) in [6.45, 7) is 5.56. The number of aliphatic hydroxyl groups is 1. The molecule has 98 valence electrons. The maximum Gasteiger partial charge on any atom is 0.0871 e. The van der Waals surface area contributed by atoms with Gasteiger partial charge in [0.05, 0.1) is 5.60 Å². The van der Waals surface area contributed by atoms with Gasteiger partial charge in [-0.05, 0) is 36.5 Å². The van der Waals surface area contributed by atoms with E-state index in [0.717, 1.165) is 12.0 Å². The van der Waals surface area contributed by atoms with Crippen molar-refractivity contribution in [1.82, 2.24) is 0 Å². The molecule has 0 saturated carbocycles. The van der Waals surface area contributed by atoms with Gasteiger partial charge in [0.25, 0.3) is 0 Å². The summed E-state index contributed by atoms with van der Waals surface area (Å²) in [5, 5.41) is 10.4. The van der Waals surface area contributed by atoms with Crippen LogP contribution in [0.25, 0.3) is 11.1 Å². The lowest BCUT2D eigenvalue weighted by atomic mass is 9.90. The summed E-state index contributed by atoms with van der Waals surface area (Å²) in [5.74, 6) is 0. The SMILES string of the molecule is C=CCCC(C)(O)c1ccc(-c2ccccc2)cc1. The highest BCUT2D eigenvalue weighted by atomic mass is 16.3. The van der Waals surface area contributed by atoms with E-state index in [2.05, 4.69) is 30.8 Å². The highest BCUT2D eigenvalue weighted by molar-refractivity contribution is 5.63. The summed E-state index contributed by atoms with van der Waals surface area (Å²) in [7, 11) is 0. The monoisotopic (exact) mass is 252 g/mol. The molecule has 0 aliphatic carbocycles. The minimum Gasteiger partial charge on any atom is -0.385 e. The maximum atomic E-state index is 10.4. The zero-order chi connectivity index (χ0) is 13.7. The highest BCUT2D eigenvalue weighted by Gasteiger charge is 2.21. The maximum absolute atomic E-state index is 10.4. The minimum atomic E-state index is -0.788. The van der Waals surface area contributed by atoms with Gasteiger partial charge in [-0.2, -0.15) is 0 Å². The number of allylic oxidation sites excluding steroid dienone is 1. The van der Waals surface area contributed by atoms with Gasteiger partial charge in [-0.3, -0.25) is 0 Å². The Morgan fingerprint density at radius 2 is 1.58 bits per heavy atom. The first-order valence-electron chi connectivity index (χ1n) is 6.63. The van der Waals surface area contributed by atoms with E-state index in [0.29, 0.717) is 6.42 Å². The van der Waals surface area contributed by atoms with Crippen molar-refractivity contribution in [3.63, 3.8) is 0 Å². The topological polar surface area (TPSA) is 20.2 Å². The second kappa shape index (κ2) is 5.85. The van der Waals surface area contributed by atoms with Crippen LogP contribution in [0.1, 0.15) is 25.3 Å². The Hall–Kier alpha value is -1.86. The normalized spacial score (nSPS) is 13.8. The summed E-state index contributed by atoms with van der Waals surface area (Å²) in [4.78, 5) is 0. The number of benzene rings is 2. The van der Waals surface area contributed by atoms with Gasteiger partial charge >= 0.3 is 0 Å². The van der Waals surface area contributed by atoms with Gasteiger partial charge < -0.3 is 5.11 Å². The third-order valence-corrected chi connectivity index (χ3v) is 3.45. The molecule has 0 radical (unpaired) electrons. The van der Waals surface area contributed by atoms with E-state index < -0.39 is 5.60 Å². The zero-order valence-electron chi connectivity index (χ0n) is 11.3. The largest absolute Gasteiger partial charge is 0.385 e. The second-order valence-corrected chi connectivity index (χ2v) is 5.04. The highest BCUT2D eigenvalue weighted by Crippen LogP contribution is 2.28. The van der Waals surface area contributed by atoms with Crippen molar-refractivity contribution in [2.24, 2.45) is 0 Å². The van der Waals surface area contributed by atoms with Crippen LogP contribution >= 0.6 is 0 Å². The van der Waals surface area contributed by atoms with E-state index in [9.17, 15) is 5.11 Å². The van der Waals surface area contributed by atoms with Crippen molar-refractivity contribution >= 4 is 0 Å². The number of hydrogen-bond donors (Lipinski definition) is 1. The molecular weight excluding hydrogens is 232 g/mol. The summed E-state index contributed by atoms with van der Waals surface area (Å²) >= 11 is 0. The van der Waals surface area contributed by atoms with E-state index in [1.165, 1.54) is 11.1 Å². The van der Waals surface area contributed by atoms with Crippen molar-refractivity contribution in [2.45, 2.75) is 25.4 Å². The van der Waals surface area contributed by atoms with E-state index in [1.54, 1.807) is 0 Å². The Labute approximate surface area is 115 Å². The Morgan fingerprint density at radius 3 is 2.16 bits per heavy atom. The molecular formula is C18H20O. The first kappa shape index (κ1) is 13.6. The van der Waals surface area contributed by atoms with Crippen molar-refractivity contribution in [1.29, 1.82) is 0 Å². The fraction of sp³-hybridized carbons (Fsp3) is 0.222. The van der Waals surface area contributed by atoms with Gasteiger partial charge in [0, 0.05) is 0 Å². The molecule has 1 unspecified atom stereocenters. The molecule has 0 bridgehead atoms. The summed E-state index contributed by atoms with van der Waals surface area (Å²) in [6, 6.07) is 18.4. The molecule has 0 spiro atoms. The van der Waals surface area contributed by atoms with Crippen LogP contribution in [-0.4, -0.2) is 5.11 Å². The molecule has 0 fully saturated rings. The molecule has 2 rings (SSSR count). The van der Waals surface area contributed by atoms with Crippen LogP contribution in [0.2, 0.25) is 0 Å². The lowest BCUT2D eigenvalue weighted by Crippen LogP contribution is -2.20. The summed E-state index contributed by atoms with van der Waals surface area (Å²) in [6.07, 6.45) is 3.35. The number of rotatable bonds is 5. The fourth-order valence-electron chi connectivity index (χ4n) is 2.18. The van der Waals surface area contributed by atoms with E-state index in [-0.39, 0.29) is 0 Å².